The smallest absolute Gasteiger partial charge is 0.397 e. The van der Waals surface area contributed by atoms with Gasteiger partial charge in [0.05, 0.1) is 19.4 Å². The molecule has 0 bridgehead atoms. The van der Waals surface area contributed by atoms with Crippen LogP contribution in [0.2, 0.25) is 0 Å². The number of ether oxygens (including phenoxy) is 2. The molecule has 0 saturated heterocycles. The summed E-state index contributed by atoms with van der Waals surface area (Å²) in [5.74, 6) is -1.14. The Balaban J connectivity index is 2.26. The normalized spacial score (nSPS) is 10.1. The van der Waals surface area contributed by atoms with Crippen molar-refractivity contribution in [1.82, 2.24) is 0 Å². The molecule has 0 aromatic heterocycles. The molecule has 0 radical (unpaired) electrons. The summed E-state index contributed by atoms with van der Waals surface area (Å²) in [4.78, 5) is 23.4. The molecule has 5 nitrogen and oxygen atoms in total. The molecule has 0 aliphatic rings. The number of carbonyl (C=O) groups excluding carboxylic acids is 2. The van der Waals surface area contributed by atoms with Crippen LogP contribution in [0.3, 0.4) is 0 Å². The molecule has 0 fully saturated rings. The fourth-order valence-corrected chi connectivity index (χ4v) is 2.03. The van der Waals surface area contributed by atoms with E-state index < -0.39 is 11.9 Å². The molecule has 0 atom stereocenters. The Morgan fingerprint density at radius 1 is 1.05 bits per heavy atom. The molecule has 5 heteroatoms. The number of para-hydroxylation sites is 2. The monoisotopic (exact) mass is 307 g/mol. The average molecular weight is 307 g/mol. The van der Waals surface area contributed by atoms with E-state index in [2.05, 4.69) is 12.2 Å². The quantitative estimate of drug-likeness (QED) is 0.430. The Bertz CT molecular complexity index is 473. The van der Waals surface area contributed by atoms with E-state index in [0.29, 0.717) is 11.4 Å². The van der Waals surface area contributed by atoms with Crippen LogP contribution in [0.4, 0.5) is 5.69 Å². The third kappa shape index (κ3) is 6.61. The number of hydrogen-bond donors (Lipinski definition) is 1. The average Bonchev–Trinajstić information content (AvgIpc) is 2.54. The lowest BCUT2D eigenvalue weighted by atomic mass is 10.1. The summed E-state index contributed by atoms with van der Waals surface area (Å²) >= 11 is 0. The van der Waals surface area contributed by atoms with Gasteiger partial charge in [0.1, 0.15) is 5.75 Å². The van der Waals surface area contributed by atoms with Crippen molar-refractivity contribution >= 4 is 17.6 Å². The van der Waals surface area contributed by atoms with E-state index in [-0.39, 0.29) is 6.61 Å². The van der Waals surface area contributed by atoms with Crippen molar-refractivity contribution in [2.45, 2.75) is 45.4 Å². The predicted octanol–water partition coefficient (Wildman–Crippen LogP) is 3.54. The molecule has 0 unspecified atom stereocenters. The van der Waals surface area contributed by atoms with Gasteiger partial charge in [0.2, 0.25) is 0 Å². The maximum absolute atomic E-state index is 11.7. The Labute approximate surface area is 132 Å². The van der Waals surface area contributed by atoms with Crippen molar-refractivity contribution in [3.05, 3.63) is 24.3 Å². The second-order valence-electron chi connectivity index (χ2n) is 5.06. The van der Waals surface area contributed by atoms with Gasteiger partial charge in [-0.2, -0.15) is 0 Å². The minimum absolute atomic E-state index is 0.282. The first-order chi connectivity index (χ1) is 10.7. The number of nitrogens with one attached hydrogen (secondary N) is 1. The van der Waals surface area contributed by atoms with E-state index in [1.54, 1.807) is 24.3 Å². The molecule has 0 spiro atoms. The van der Waals surface area contributed by atoms with Gasteiger partial charge in [0.25, 0.3) is 0 Å². The molecule has 1 rings (SSSR count). The summed E-state index contributed by atoms with van der Waals surface area (Å²) in [5.41, 5.74) is 0.450. The minimum Gasteiger partial charge on any atom is -0.495 e. The topological polar surface area (TPSA) is 64.6 Å². The zero-order valence-corrected chi connectivity index (χ0v) is 13.4. The highest BCUT2D eigenvalue weighted by molar-refractivity contribution is 6.37. The Morgan fingerprint density at radius 3 is 2.45 bits per heavy atom. The van der Waals surface area contributed by atoms with Crippen LogP contribution in [0.5, 0.6) is 5.75 Å². The SMILES string of the molecule is CCCCCCCCOC(=O)C(=O)Nc1ccccc1OC. The molecule has 122 valence electrons. The van der Waals surface area contributed by atoms with Crippen LogP contribution in [0, 0.1) is 0 Å². The standard InChI is InChI=1S/C17H25NO4/c1-3-4-5-6-7-10-13-22-17(20)16(19)18-14-11-8-9-12-15(14)21-2/h8-9,11-12H,3-7,10,13H2,1-2H3,(H,18,19). The zero-order chi connectivity index (χ0) is 16.2. The van der Waals surface area contributed by atoms with E-state index in [4.69, 9.17) is 9.47 Å². The van der Waals surface area contributed by atoms with Gasteiger partial charge in [-0.15, -0.1) is 0 Å². The van der Waals surface area contributed by atoms with Crippen LogP contribution in [0.15, 0.2) is 24.3 Å². The molecular formula is C17H25NO4. The number of amides is 1. The molecule has 1 amide bonds. The largest absolute Gasteiger partial charge is 0.495 e. The maximum Gasteiger partial charge on any atom is 0.397 e. The van der Waals surface area contributed by atoms with Crippen LogP contribution < -0.4 is 10.1 Å². The lowest BCUT2D eigenvalue weighted by Gasteiger charge is -2.09. The van der Waals surface area contributed by atoms with Gasteiger partial charge in [0, 0.05) is 0 Å². The summed E-state index contributed by atoms with van der Waals surface area (Å²) < 4.78 is 10.1. The molecule has 0 heterocycles. The van der Waals surface area contributed by atoms with Crippen LogP contribution >= 0.6 is 0 Å². The van der Waals surface area contributed by atoms with Gasteiger partial charge in [-0.25, -0.2) is 4.79 Å². The van der Waals surface area contributed by atoms with Gasteiger partial charge in [0.15, 0.2) is 0 Å². The van der Waals surface area contributed by atoms with Crippen molar-refractivity contribution in [2.75, 3.05) is 19.0 Å². The highest BCUT2D eigenvalue weighted by atomic mass is 16.5. The first-order valence-electron chi connectivity index (χ1n) is 7.80. The molecule has 22 heavy (non-hydrogen) atoms. The lowest BCUT2D eigenvalue weighted by Crippen LogP contribution is -2.25. The van der Waals surface area contributed by atoms with Gasteiger partial charge >= 0.3 is 11.9 Å². The van der Waals surface area contributed by atoms with E-state index in [1.807, 2.05) is 0 Å². The van der Waals surface area contributed by atoms with E-state index in [1.165, 1.54) is 26.4 Å². The van der Waals surface area contributed by atoms with Gasteiger partial charge < -0.3 is 14.8 Å². The molecule has 0 saturated carbocycles. The van der Waals surface area contributed by atoms with Gasteiger partial charge in [-0.05, 0) is 18.6 Å². The summed E-state index contributed by atoms with van der Waals surface area (Å²) in [6, 6.07) is 6.90. The number of esters is 1. The highest BCUT2D eigenvalue weighted by Gasteiger charge is 2.16. The molecule has 1 N–H and O–H groups in total. The van der Waals surface area contributed by atoms with Crippen molar-refractivity contribution in [2.24, 2.45) is 0 Å². The molecule has 0 aliphatic carbocycles. The lowest BCUT2D eigenvalue weighted by molar-refractivity contribution is -0.152. The highest BCUT2D eigenvalue weighted by Crippen LogP contribution is 2.22. The number of benzene rings is 1. The summed E-state index contributed by atoms with van der Waals surface area (Å²) in [7, 11) is 1.50. The third-order valence-corrected chi connectivity index (χ3v) is 3.27. The van der Waals surface area contributed by atoms with E-state index >= 15 is 0 Å². The molecular weight excluding hydrogens is 282 g/mol. The van der Waals surface area contributed by atoms with Crippen LogP contribution in [0.1, 0.15) is 45.4 Å². The van der Waals surface area contributed by atoms with E-state index in [0.717, 1.165) is 19.3 Å². The predicted molar refractivity (Wildman–Crippen MR) is 86.0 cm³/mol. The molecule has 0 aliphatic heterocycles. The van der Waals surface area contributed by atoms with Crippen molar-refractivity contribution < 1.29 is 19.1 Å². The zero-order valence-electron chi connectivity index (χ0n) is 13.4. The summed E-state index contributed by atoms with van der Waals surface area (Å²) in [6.45, 7) is 2.45. The first-order valence-corrected chi connectivity index (χ1v) is 7.80. The number of unbranched alkanes of at least 4 members (excludes halogenated alkanes) is 5. The third-order valence-electron chi connectivity index (χ3n) is 3.27. The molecule has 1 aromatic rings. The fourth-order valence-electron chi connectivity index (χ4n) is 2.03. The Hall–Kier alpha value is -2.04. The number of methoxy groups -OCH3 is 1. The number of rotatable bonds is 9. The number of carbonyl (C=O) groups is 2. The van der Waals surface area contributed by atoms with Crippen LogP contribution in [-0.4, -0.2) is 25.6 Å². The first kappa shape index (κ1) is 18.0. The minimum atomic E-state index is -0.862. The Morgan fingerprint density at radius 2 is 1.73 bits per heavy atom. The van der Waals surface area contributed by atoms with Crippen molar-refractivity contribution in [3.8, 4) is 5.75 Å². The second kappa shape index (κ2) is 10.7. The van der Waals surface area contributed by atoms with Crippen molar-refractivity contribution in [3.63, 3.8) is 0 Å². The van der Waals surface area contributed by atoms with Crippen LogP contribution in [0.25, 0.3) is 0 Å². The van der Waals surface area contributed by atoms with Gasteiger partial charge in [-0.3, -0.25) is 4.79 Å². The number of anilines is 1. The fraction of sp³-hybridized carbons (Fsp3) is 0.529. The van der Waals surface area contributed by atoms with Gasteiger partial charge in [-0.1, -0.05) is 51.2 Å². The Kier molecular flexibility index (Phi) is 8.72. The van der Waals surface area contributed by atoms with E-state index in [9.17, 15) is 9.59 Å². The maximum atomic E-state index is 11.7. The number of hydrogen-bond acceptors (Lipinski definition) is 4. The van der Waals surface area contributed by atoms with Crippen molar-refractivity contribution in [1.29, 1.82) is 0 Å². The van der Waals surface area contributed by atoms with Crippen LogP contribution in [-0.2, 0) is 14.3 Å². The summed E-state index contributed by atoms with van der Waals surface area (Å²) in [6.07, 6.45) is 6.59. The summed E-state index contributed by atoms with van der Waals surface area (Å²) in [5, 5.41) is 2.49. The molecule has 1 aromatic carbocycles. The second-order valence-corrected chi connectivity index (χ2v) is 5.06.